The van der Waals surface area contributed by atoms with Gasteiger partial charge in [0, 0.05) is 154 Å². The Kier molecular flexibility index (Phi) is 33.3. The summed E-state index contributed by atoms with van der Waals surface area (Å²) >= 11 is 0. The van der Waals surface area contributed by atoms with Crippen LogP contribution in [0.25, 0.3) is 112 Å². The summed E-state index contributed by atoms with van der Waals surface area (Å²) in [5.74, 6) is 10.1. The van der Waals surface area contributed by atoms with Crippen molar-refractivity contribution in [2.24, 2.45) is 0 Å². The molecule has 0 bridgehead atoms. The van der Waals surface area contributed by atoms with Gasteiger partial charge in [-0.15, -0.1) is 0 Å². The summed E-state index contributed by atoms with van der Waals surface area (Å²) in [6.07, 6.45) is 21.9. The molecule has 3 aliphatic carbocycles. The third-order valence-corrected chi connectivity index (χ3v) is 30.1. The number of carbonyl (C=O) groups excluding carboxylic acids is 1. The summed E-state index contributed by atoms with van der Waals surface area (Å²) in [6, 6.07) is 45.7. The molecule has 8 N–H and O–H groups in total. The molecule has 23 rings (SSSR count). The molecule has 5 saturated heterocycles. The van der Waals surface area contributed by atoms with Gasteiger partial charge in [-0.2, -0.15) is 24.9 Å². The Labute approximate surface area is 870 Å². The first kappa shape index (κ1) is 105. The van der Waals surface area contributed by atoms with Crippen LogP contribution in [0, 0.1) is 69.2 Å². The number of esters is 1. The van der Waals surface area contributed by atoms with E-state index in [9.17, 15) is 20.1 Å². The Morgan fingerprint density at radius 1 is 0.329 bits per heavy atom. The van der Waals surface area contributed by atoms with Crippen molar-refractivity contribution in [1.29, 1.82) is 0 Å². The van der Waals surface area contributed by atoms with Crippen molar-refractivity contribution < 1.29 is 47.5 Å². The molecule has 15 heterocycles. The average Bonchev–Trinajstić information content (AvgIpc) is 1.78. The van der Waals surface area contributed by atoms with E-state index in [2.05, 4.69) is 258 Å². The fourth-order valence-corrected chi connectivity index (χ4v) is 21.8. The fourth-order valence-electron chi connectivity index (χ4n) is 21.8. The molecule has 786 valence electrons. The predicted molar refractivity (Wildman–Crippen MR) is 581 cm³/mol. The van der Waals surface area contributed by atoms with Gasteiger partial charge < -0.3 is 93.8 Å². The van der Waals surface area contributed by atoms with Crippen LogP contribution in [-0.4, -0.2) is 248 Å². The standard InChI is InChI=1S/C24H31N5O2.C23H29N5O3.C23H29N5O2.C22H29N5O2.C22H27N5O/c1-15-7-8-20-17(13-15)14-19(24-25-16(2)28-31-24)23(27-20)29-11-9-18(10-12-29)26-21-5-3-4-6-22(21)30;1-4-30-21(29)7-10-24-18-8-11-28(12-9-18)22-19(23-25-16(3)27-31-23)14-17-13-15(2)5-6-20(17)26-22;1-14-6-7-19-16(12-14)13-18(23-24-15(2)27-30-23)22(26-19)28-10-8-17(9-11-28)25-20-4-3-5-21(20)29;1-14-5-6-19-16(11-14)12-18(21-24-15(2)26-29-21)20(25-19)27-9-7-17(8-10-27)23-13-22(3,4)28;1-14-6-7-20-16(12-14)13-19(22-23-15(2)26-28-22)21(25-20)27-10-8-18(9-11-27)24-17-4-3-5-17/h7-8,13-14,18,21-22,26,30H,3-6,9-12H2,1-2H3;5-6,13-14,18,24H,4,7-12H2,1-3H3;6-7,12-13,17,20-21,25,29H,3-5,8-11H2,1-2H3;5-6,11-12,17,23,28H,7-10,13H2,1-4H3;6-7,12-13,17-18,24H,3-5,8-11H2,1-2H3/t;;20-,21-;;/m..0../s1. The van der Waals surface area contributed by atoms with Crippen molar-refractivity contribution in [3.63, 3.8) is 0 Å². The highest BCUT2D eigenvalue weighted by molar-refractivity contribution is 5.93. The van der Waals surface area contributed by atoms with E-state index < -0.39 is 5.60 Å². The number of benzene rings is 5. The Hall–Kier alpha value is -13.0. The van der Waals surface area contributed by atoms with Gasteiger partial charge in [0.1, 0.15) is 29.1 Å². The van der Waals surface area contributed by atoms with Crippen LogP contribution in [0.1, 0.15) is 213 Å². The minimum atomic E-state index is -0.696. The van der Waals surface area contributed by atoms with Gasteiger partial charge in [0.25, 0.3) is 29.5 Å². The highest BCUT2D eigenvalue weighted by Crippen LogP contribution is 2.42. The number of anilines is 5. The van der Waals surface area contributed by atoms with Crippen LogP contribution in [0.3, 0.4) is 0 Å². The van der Waals surface area contributed by atoms with Gasteiger partial charge >= 0.3 is 5.97 Å². The van der Waals surface area contributed by atoms with E-state index in [1.54, 1.807) is 0 Å². The number of nitrogens with zero attached hydrogens (tertiary/aromatic N) is 20. The lowest BCUT2D eigenvalue weighted by Gasteiger charge is -2.38. The maximum atomic E-state index is 11.5. The number of aryl methyl sites for hydroxylation is 10. The molecule has 5 aliphatic heterocycles. The second-order valence-corrected chi connectivity index (χ2v) is 42.7. The molecular formula is C114H145N25O10. The van der Waals surface area contributed by atoms with Crippen molar-refractivity contribution >= 4 is 89.6 Å². The Morgan fingerprint density at radius 2 is 0.584 bits per heavy atom. The molecule has 8 aliphatic rings. The summed E-state index contributed by atoms with van der Waals surface area (Å²) in [5, 5.41) is 73.9. The Balaban J connectivity index is 0.000000117. The second-order valence-electron chi connectivity index (χ2n) is 42.7. The minimum absolute atomic E-state index is 0.150. The van der Waals surface area contributed by atoms with Crippen LogP contribution in [0.2, 0.25) is 0 Å². The van der Waals surface area contributed by atoms with E-state index in [1.165, 1.54) is 53.5 Å². The van der Waals surface area contributed by atoms with Crippen LogP contribution in [0.4, 0.5) is 29.1 Å². The lowest BCUT2D eigenvalue weighted by atomic mass is 9.91. The number of piperidine rings is 5. The lowest BCUT2D eigenvalue weighted by molar-refractivity contribution is -0.143. The van der Waals surface area contributed by atoms with Crippen LogP contribution in [0.5, 0.6) is 0 Å². The van der Waals surface area contributed by atoms with Crippen LogP contribution in [-0.2, 0) is 9.53 Å². The number of aliphatic hydroxyl groups excluding tert-OH is 2. The number of pyridine rings is 5. The molecular weight excluding hydrogens is 1880 g/mol. The first-order valence-corrected chi connectivity index (χ1v) is 53.9. The van der Waals surface area contributed by atoms with E-state index in [0.717, 1.165) is 286 Å². The van der Waals surface area contributed by atoms with Crippen molar-refractivity contribution in [3.8, 4) is 57.3 Å². The lowest BCUT2D eigenvalue weighted by Crippen LogP contribution is -2.51. The quantitative estimate of drug-likeness (QED) is 0.0260. The normalized spacial score (nSPS) is 19.0. The number of hydrogen-bond donors (Lipinski definition) is 8. The molecule has 35 nitrogen and oxygen atoms in total. The smallest absolute Gasteiger partial charge is 0.307 e. The number of ether oxygens (including phenoxy) is 1. The number of aromatic nitrogens is 15. The highest BCUT2D eigenvalue weighted by atomic mass is 16.5. The van der Waals surface area contributed by atoms with Crippen LogP contribution in [0.15, 0.2) is 144 Å². The Morgan fingerprint density at radius 3 is 0.839 bits per heavy atom. The molecule has 0 spiro atoms. The van der Waals surface area contributed by atoms with Gasteiger partial charge in [0.05, 0.1) is 86.2 Å². The molecule has 8 fully saturated rings. The highest BCUT2D eigenvalue weighted by Gasteiger charge is 2.37. The van der Waals surface area contributed by atoms with Gasteiger partial charge in [0.15, 0.2) is 29.1 Å². The first-order valence-electron chi connectivity index (χ1n) is 53.9. The van der Waals surface area contributed by atoms with E-state index in [1.807, 2.05) is 55.4 Å². The molecule has 3 saturated carbocycles. The molecule has 35 heteroatoms. The number of hydrogen-bond acceptors (Lipinski definition) is 35. The molecule has 149 heavy (non-hydrogen) atoms. The van der Waals surface area contributed by atoms with E-state index in [-0.39, 0.29) is 30.3 Å². The third kappa shape index (κ3) is 26.4. The number of rotatable bonds is 24. The molecule has 0 radical (unpaired) electrons. The summed E-state index contributed by atoms with van der Waals surface area (Å²) in [4.78, 5) is 70.5. The summed E-state index contributed by atoms with van der Waals surface area (Å²) < 4.78 is 32.5. The fraction of sp³-hybridized carbons (Fsp3) is 0.509. The molecule has 15 aromatic rings. The monoisotopic (exact) mass is 2020 g/mol. The van der Waals surface area contributed by atoms with Gasteiger partial charge in [-0.1, -0.05) is 103 Å². The number of carbonyl (C=O) groups is 1. The van der Waals surface area contributed by atoms with Crippen molar-refractivity contribution in [3.05, 3.63) is 178 Å². The third-order valence-electron chi connectivity index (χ3n) is 30.1. The minimum Gasteiger partial charge on any atom is -0.466 e. The topological polar surface area (TPSA) is 422 Å². The van der Waals surface area contributed by atoms with Gasteiger partial charge in [-0.25, -0.2) is 24.9 Å². The van der Waals surface area contributed by atoms with Crippen LogP contribution >= 0.6 is 0 Å². The SMILES string of the molecule is CCOC(=O)CCNC1CCN(c2nc3ccc(C)cc3cc2-c2nc(C)no2)CC1.Cc1ccc2nc(N3CCC(NC4CCC4)CC3)c(-c3nc(C)no3)cc2c1.Cc1ccc2nc(N3CCC(NC4CCCCC4O)CC3)c(-c3nc(C)no3)cc2c1.Cc1ccc2nc(N3CCC(NCC(C)(C)O)CC3)c(-c3nc(C)no3)cc2c1.Cc1ccc2nc(N3CCC(N[C@H]4CCC[C@@H]4O)CC3)c(-c3nc(C)no3)cc2c1. The summed E-state index contributed by atoms with van der Waals surface area (Å²) in [7, 11) is 0. The van der Waals surface area contributed by atoms with E-state index >= 15 is 0 Å². The zero-order valence-corrected chi connectivity index (χ0v) is 88.5. The van der Waals surface area contributed by atoms with Crippen molar-refractivity contribution in [2.75, 3.05) is 110 Å². The second kappa shape index (κ2) is 47.5. The molecule has 10 aromatic heterocycles. The number of nitrogens with one attached hydrogen (secondary N) is 5. The van der Waals surface area contributed by atoms with Crippen LogP contribution < -0.4 is 51.1 Å². The maximum absolute atomic E-state index is 11.5. The van der Waals surface area contributed by atoms with E-state index in [0.29, 0.717) is 115 Å². The molecule has 2 unspecified atom stereocenters. The number of aliphatic hydroxyl groups is 3. The zero-order valence-electron chi connectivity index (χ0n) is 88.5. The van der Waals surface area contributed by atoms with Crippen molar-refractivity contribution in [1.82, 2.24) is 102 Å². The molecule has 4 atom stereocenters. The molecule has 5 aromatic carbocycles. The summed E-state index contributed by atoms with van der Waals surface area (Å²) in [5.41, 5.74) is 14.7. The zero-order chi connectivity index (χ0) is 104. The van der Waals surface area contributed by atoms with Gasteiger partial charge in [-0.3, -0.25) is 4.79 Å². The van der Waals surface area contributed by atoms with Gasteiger partial charge in [0.2, 0.25) is 0 Å². The molecule has 0 amide bonds. The largest absolute Gasteiger partial charge is 0.466 e. The Bertz CT molecular complexity index is 7070. The van der Waals surface area contributed by atoms with Crippen molar-refractivity contribution in [2.45, 2.75) is 291 Å². The van der Waals surface area contributed by atoms with E-state index in [4.69, 9.17) is 52.3 Å². The maximum Gasteiger partial charge on any atom is 0.307 e. The predicted octanol–water partition coefficient (Wildman–Crippen LogP) is 17.8. The first-order chi connectivity index (χ1) is 72.1. The average molecular weight is 2030 g/mol. The van der Waals surface area contributed by atoms with Gasteiger partial charge in [-0.05, 0) is 290 Å². The number of fused-ring (bicyclic) bond motifs is 5. The summed E-state index contributed by atoms with van der Waals surface area (Å²) in [6.45, 7) is 35.8.